The second-order valence-corrected chi connectivity index (χ2v) is 4.91. The van der Waals surface area contributed by atoms with Crippen LogP contribution in [0.25, 0.3) is 11.5 Å². The van der Waals surface area contributed by atoms with Crippen LogP contribution in [0.3, 0.4) is 0 Å². The smallest absolute Gasteiger partial charge is 0.277 e. The third-order valence-corrected chi connectivity index (χ3v) is 3.37. The topological polar surface area (TPSA) is 78.1 Å². The van der Waals surface area contributed by atoms with E-state index in [1.165, 1.54) is 11.8 Å². The van der Waals surface area contributed by atoms with E-state index in [2.05, 4.69) is 15.4 Å². The number of furan rings is 1. The third kappa shape index (κ3) is 2.55. The van der Waals surface area contributed by atoms with Gasteiger partial charge in [-0.1, -0.05) is 16.9 Å². The van der Waals surface area contributed by atoms with Crippen molar-refractivity contribution in [3.05, 3.63) is 35.6 Å². The summed E-state index contributed by atoms with van der Waals surface area (Å²) in [5.41, 5.74) is 1.67. The summed E-state index contributed by atoms with van der Waals surface area (Å²) in [5, 5.41) is 12.4. The minimum Gasteiger partial charge on any atom is -0.469 e. The Kier molecular flexibility index (Phi) is 3.12. The molecule has 0 unspecified atom stereocenters. The Morgan fingerprint density at radius 3 is 2.84 bits per heavy atom. The predicted octanol–water partition coefficient (Wildman–Crippen LogP) is 3.23. The molecule has 0 N–H and O–H groups in total. The van der Waals surface area contributed by atoms with E-state index < -0.39 is 0 Å². The van der Waals surface area contributed by atoms with E-state index in [-0.39, 0.29) is 0 Å². The van der Waals surface area contributed by atoms with Crippen LogP contribution in [0.2, 0.25) is 0 Å². The standard InChI is InChI=1S/C12H11N3O3S/c1-7-5-9(15-18-7)6-19-12-14-13-11(17-12)10-3-4-16-8(10)2/h3-5H,6H2,1-2H3. The highest BCUT2D eigenvalue weighted by Crippen LogP contribution is 2.27. The molecule has 0 saturated carbocycles. The zero-order valence-electron chi connectivity index (χ0n) is 10.4. The quantitative estimate of drug-likeness (QED) is 0.677. The second-order valence-electron chi connectivity index (χ2n) is 3.98. The fourth-order valence-corrected chi connectivity index (χ4v) is 2.25. The maximum atomic E-state index is 5.56. The number of hydrogen-bond donors (Lipinski definition) is 0. The van der Waals surface area contributed by atoms with Gasteiger partial charge in [0.2, 0.25) is 0 Å². The SMILES string of the molecule is Cc1cc(CSc2nnc(-c3ccoc3C)o2)no1. The number of rotatable bonds is 4. The lowest BCUT2D eigenvalue weighted by Crippen LogP contribution is -1.79. The van der Waals surface area contributed by atoms with E-state index in [1.54, 1.807) is 12.3 Å². The summed E-state index contributed by atoms with van der Waals surface area (Å²) in [6.07, 6.45) is 1.60. The highest BCUT2D eigenvalue weighted by atomic mass is 32.2. The van der Waals surface area contributed by atoms with Crippen LogP contribution in [0.15, 0.2) is 37.0 Å². The molecule has 3 heterocycles. The van der Waals surface area contributed by atoms with Gasteiger partial charge in [0, 0.05) is 11.8 Å². The minimum absolute atomic E-state index is 0.463. The molecular weight excluding hydrogens is 266 g/mol. The van der Waals surface area contributed by atoms with E-state index >= 15 is 0 Å². The van der Waals surface area contributed by atoms with Gasteiger partial charge >= 0.3 is 0 Å². The van der Waals surface area contributed by atoms with E-state index in [1.807, 2.05) is 19.9 Å². The molecule has 6 nitrogen and oxygen atoms in total. The zero-order chi connectivity index (χ0) is 13.2. The van der Waals surface area contributed by atoms with E-state index in [4.69, 9.17) is 13.4 Å². The van der Waals surface area contributed by atoms with Crippen molar-refractivity contribution >= 4 is 11.8 Å². The number of hydrogen-bond acceptors (Lipinski definition) is 7. The average Bonchev–Trinajstić information content (AvgIpc) is 3.07. The van der Waals surface area contributed by atoms with Gasteiger partial charge in [-0.25, -0.2) is 0 Å². The van der Waals surface area contributed by atoms with Gasteiger partial charge < -0.3 is 13.4 Å². The Hall–Kier alpha value is -2.02. The van der Waals surface area contributed by atoms with Crippen molar-refractivity contribution in [1.82, 2.24) is 15.4 Å². The maximum Gasteiger partial charge on any atom is 0.277 e. The molecule has 0 atom stereocenters. The van der Waals surface area contributed by atoms with Crippen molar-refractivity contribution < 1.29 is 13.4 Å². The Balaban J connectivity index is 1.70. The van der Waals surface area contributed by atoms with Crippen LogP contribution in [-0.2, 0) is 5.75 Å². The first-order valence-corrected chi connectivity index (χ1v) is 6.64. The van der Waals surface area contributed by atoms with Crippen LogP contribution < -0.4 is 0 Å². The number of aromatic nitrogens is 3. The maximum absolute atomic E-state index is 5.56. The van der Waals surface area contributed by atoms with Crippen molar-refractivity contribution in [3.8, 4) is 11.5 Å². The predicted molar refractivity (Wildman–Crippen MR) is 67.5 cm³/mol. The van der Waals surface area contributed by atoms with Crippen molar-refractivity contribution in [2.75, 3.05) is 0 Å². The Labute approximate surface area is 113 Å². The molecule has 0 aliphatic heterocycles. The molecule has 0 bridgehead atoms. The Morgan fingerprint density at radius 2 is 2.16 bits per heavy atom. The summed E-state index contributed by atoms with van der Waals surface area (Å²) >= 11 is 1.42. The molecule has 3 aromatic heterocycles. The Morgan fingerprint density at radius 1 is 1.26 bits per heavy atom. The normalized spacial score (nSPS) is 11.1. The van der Waals surface area contributed by atoms with Crippen molar-refractivity contribution in [2.45, 2.75) is 24.8 Å². The molecule has 3 aromatic rings. The van der Waals surface area contributed by atoms with Gasteiger partial charge in [0.05, 0.1) is 17.5 Å². The van der Waals surface area contributed by atoms with Gasteiger partial charge in [-0.15, -0.1) is 10.2 Å². The molecule has 3 rings (SSSR count). The molecule has 98 valence electrons. The largest absolute Gasteiger partial charge is 0.469 e. The number of thioether (sulfide) groups is 1. The van der Waals surface area contributed by atoms with E-state index in [9.17, 15) is 0 Å². The number of nitrogens with zero attached hydrogens (tertiary/aromatic N) is 3. The first-order valence-electron chi connectivity index (χ1n) is 5.65. The lowest BCUT2D eigenvalue weighted by Gasteiger charge is -1.91. The highest BCUT2D eigenvalue weighted by Gasteiger charge is 2.13. The third-order valence-electron chi connectivity index (χ3n) is 2.52. The number of aryl methyl sites for hydroxylation is 2. The van der Waals surface area contributed by atoms with Gasteiger partial charge in [0.15, 0.2) is 0 Å². The van der Waals surface area contributed by atoms with Crippen LogP contribution in [-0.4, -0.2) is 15.4 Å². The molecule has 0 aromatic carbocycles. The van der Waals surface area contributed by atoms with Crippen LogP contribution in [0.1, 0.15) is 17.2 Å². The fraction of sp³-hybridized carbons (Fsp3) is 0.250. The molecule has 0 aliphatic rings. The minimum atomic E-state index is 0.463. The first-order chi connectivity index (χ1) is 9.22. The summed E-state index contributed by atoms with van der Waals surface area (Å²) in [5.74, 6) is 2.64. The highest BCUT2D eigenvalue weighted by molar-refractivity contribution is 7.98. The summed E-state index contributed by atoms with van der Waals surface area (Å²) < 4.78 is 15.8. The zero-order valence-corrected chi connectivity index (χ0v) is 11.2. The van der Waals surface area contributed by atoms with Crippen molar-refractivity contribution in [3.63, 3.8) is 0 Å². The molecule has 0 amide bonds. The Bertz CT molecular complexity index is 686. The van der Waals surface area contributed by atoms with Crippen molar-refractivity contribution in [1.29, 1.82) is 0 Å². The molecule has 0 aliphatic carbocycles. The van der Waals surface area contributed by atoms with E-state index in [0.29, 0.717) is 16.9 Å². The second kappa shape index (κ2) is 4.93. The van der Waals surface area contributed by atoms with Crippen LogP contribution in [0.5, 0.6) is 0 Å². The summed E-state index contributed by atoms with van der Waals surface area (Å²) in [6.45, 7) is 3.71. The lowest BCUT2D eigenvalue weighted by atomic mass is 10.3. The summed E-state index contributed by atoms with van der Waals surface area (Å²) in [4.78, 5) is 0. The lowest BCUT2D eigenvalue weighted by molar-refractivity contribution is 0.392. The van der Waals surface area contributed by atoms with Gasteiger partial charge in [0.1, 0.15) is 11.5 Å². The summed E-state index contributed by atoms with van der Waals surface area (Å²) in [7, 11) is 0. The summed E-state index contributed by atoms with van der Waals surface area (Å²) in [6, 6.07) is 3.68. The molecule has 19 heavy (non-hydrogen) atoms. The average molecular weight is 277 g/mol. The molecular formula is C12H11N3O3S. The van der Waals surface area contributed by atoms with Crippen LogP contribution >= 0.6 is 11.8 Å². The molecule has 0 radical (unpaired) electrons. The van der Waals surface area contributed by atoms with Gasteiger partial charge in [-0.3, -0.25) is 0 Å². The molecule has 0 fully saturated rings. The fourth-order valence-electron chi connectivity index (χ4n) is 1.61. The van der Waals surface area contributed by atoms with Gasteiger partial charge in [-0.2, -0.15) is 0 Å². The first kappa shape index (κ1) is 12.0. The molecule has 0 spiro atoms. The van der Waals surface area contributed by atoms with E-state index in [0.717, 1.165) is 22.8 Å². The van der Waals surface area contributed by atoms with Gasteiger partial charge in [-0.05, 0) is 19.9 Å². The van der Waals surface area contributed by atoms with Crippen molar-refractivity contribution in [2.24, 2.45) is 0 Å². The molecule has 7 heteroatoms. The van der Waals surface area contributed by atoms with Gasteiger partial charge in [0.25, 0.3) is 11.1 Å². The van der Waals surface area contributed by atoms with Crippen LogP contribution in [0, 0.1) is 13.8 Å². The molecule has 0 saturated heterocycles. The monoisotopic (exact) mass is 277 g/mol. The van der Waals surface area contributed by atoms with Crippen LogP contribution in [0.4, 0.5) is 0 Å².